The Morgan fingerprint density at radius 2 is 1.85 bits per heavy atom. The first kappa shape index (κ1) is 22.4. The molecule has 3 aromatic heterocycles. The quantitative estimate of drug-likeness (QED) is 0.464. The summed E-state index contributed by atoms with van der Waals surface area (Å²) in [6, 6.07) is 11.5. The van der Waals surface area contributed by atoms with Crippen molar-refractivity contribution in [1.82, 2.24) is 29.3 Å². The van der Waals surface area contributed by atoms with Crippen molar-refractivity contribution in [1.29, 1.82) is 0 Å². The van der Waals surface area contributed by atoms with Gasteiger partial charge in [-0.1, -0.05) is 32.9 Å². The van der Waals surface area contributed by atoms with Crippen LogP contribution in [-0.4, -0.2) is 29.3 Å². The van der Waals surface area contributed by atoms with Gasteiger partial charge in [0.05, 0.1) is 22.6 Å². The van der Waals surface area contributed by atoms with Crippen molar-refractivity contribution >= 4 is 0 Å². The molecule has 33 heavy (non-hydrogen) atoms. The minimum atomic E-state index is -0.172. The zero-order valence-corrected chi connectivity index (χ0v) is 19.8. The van der Waals surface area contributed by atoms with E-state index in [0.717, 1.165) is 28.5 Å². The van der Waals surface area contributed by atoms with Gasteiger partial charge in [0.25, 0.3) is 5.56 Å². The van der Waals surface area contributed by atoms with Crippen LogP contribution in [0, 0.1) is 13.8 Å². The minimum Gasteiger partial charge on any atom is -0.471 e. The van der Waals surface area contributed by atoms with Crippen LogP contribution in [0.25, 0.3) is 16.9 Å². The fourth-order valence-electron chi connectivity index (χ4n) is 3.50. The Bertz CT molecular complexity index is 1360. The lowest BCUT2D eigenvalue weighted by Gasteiger charge is -2.17. The topological polar surface area (TPSA) is 87.7 Å². The molecule has 3 heterocycles. The van der Waals surface area contributed by atoms with Crippen molar-refractivity contribution in [2.24, 2.45) is 7.05 Å². The lowest BCUT2D eigenvalue weighted by molar-refractivity contribution is 0.283. The fourth-order valence-corrected chi connectivity index (χ4v) is 3.50. The third-order valence-corrected chi connectivity index (χ3v) is 5.28. The number of hydrogen-bond donors (Lipinski definition) is 0. The molecule has 0 aliphatic heterocycles. The first-order valence-electron chi connectivity index (χ1n) is 10.8. The summed E-state index contributed by atoms with van der Waals surface area (Å²) >= 11 is 0. The molecule has 0 N–H and O–H groups in total. The van der Waals surface area contributed by atoms with Crippen molar-refractivity contribution in [3.8, 4) is 22.8 Å². The molecule has 8 nitrogen and oxygen atoms in total. The van der Waals surface area contributed by atoms with Gasteiger partial charge in [0.2, 0.25) is 5.88 Å². The van der Waals surface area contributed by atoms with Gasteiger partial charge in [-0.05, 0) is 38.1 Å². The highest BCUT2D eigenvalue weighted by Crippen LogP contribution is 2.24. The van der Waals surface area contributed by atoms with Gasteiger partial charge in [0, 0.05) is 30.4 Å². The number of nitrogens with zero attached hydrogens (tertiary/aromatic N) is 6. The van der Waals surface area contributed by atoms with E-state index in [-0.39, 0.29) is 17.6 Å². The Balaban J connectivity index is 1.69. The standard InChI is InChI=1S/C25H28N6O2/c1-16-22(33-15-19-11-13-30(6)29-19)27-17(2)31(23(16)32)20-9-7-8-18(14-20)21-10-12-26-24(28-21)25(3,4)5/h7-14H,15H2,1-6H3. The summed E-state index contributed by atoms with van der Waals surface area (Å²) in [6.45, 7) is 10.0. The number of ether oxygens (including phenoxy) is 1. The lowest BCUT2D eigenvalue weighted by Crippen LogP contribution is -2.25. The summed E-state index contributed by atoms with van der Waals surface area (Å²) in [7, 11) is 1.85. The summed E-state index contributed by atoms with van der Waals surface area (Å²) < 4.78 is 9.11. The maximum Gasteiger partial charge on any atom is 0.264 e. The monoisotopic (exact) mass is 444 g/mol. The molecule has 0 bridgehead atoms. The number of rotatable bonds is 5. The Kier molecular flexibility index (Phi) is 5.84. The smallest absolute Gasteiger partial charge is 0.264 e. The van der Waals surface area contributed by atoms with Gasteiger partial charge in [-0.2, -0.15) is 10.1 Å². The van der Waals surface area contributed by atoms with Gasteiger partial charge >= 0.3 is 0 Å². The zero-order valence-electron chi connectivity index (χ0n) is 19.8. The normalized spacial score (nSPS) is 11.6. The molecule has 0 saturated heterocycles. The van der Waals surface area contributed by atoms with Gasteiger partial charge in [0.1, 0.15) is 18.3 Å². The van der Waals surface area contributed by atoms with Crippen molar-refractivity contribution < 1.29 is 4.74 Å². The van der Waals surface area contributed by atoms with E-state index >= 15 is 0 Å². The van der Waals surface area contributed by atoms with Crippen molar-refractivity contribution in [2.75, 3.05) is 0 Å². The predicted octanol–water partition coefficient (Wildman–Crippen LogP) is 3.92. The molecule has 170 valence electrons. The molecule has 0 fully saturated rings. The van der Waals surface area contributed by atoms with E-state index in [4.69, 9.17) is 9.72 Å². The first-order chi connectivity index (χ1) is 15.6. The molecule has 8 heteroatoms. The third-order valence-electron chi connectivity index (χ3n) is 5.28. The fraction of sp³-hybridized carbons (Fsp3) is 0.320. The molecular weight excluding hydrogens is 416 g/mol. The van der Waals surface area contributed by atoms with E-state index in [2.05, 4.69) is 35.8 Å². The number of hydrogen-bond acceptors (Lipinski definition) is 6. The summed E-state index contributed by atoms with van der Waals surface area (Å²) in [5, 5.41) is 4.30. The van der Waals surface area contributed by atoms with Crippen LogP contribution in [0.15, 0.2) is 53.6 Å². The summed E-state index contributed by atoms with van der Waals surface area (Å²) in [4.78, 5) is 27.0. The van der Waals surface area contributed by atoms with Crippen LogP contribution in [0.5, 0.6) is 5.88 Å². The lowest BCUT2D eigenvalue weighted by atomic mass is 9.95. The van der Waals surface area contributed by atoms with Gasteiger partial charge < -0.3 is 4.74 Å². The van der Waals surface area contributed by atoms with Crippen LogP contribution < -0.4 is 10.3 Å². The van der Waals surface area contributed by atoms with E-state index < -0.39 is 0 Å². The van der Waals surface area contributed by atoms with E-state index in [1.54, 1.807) is 29.3 Å². The first-order valence-corrected chi connectivity index (χ1v) is 10.8. The maximum absolute atomic E-state index is 13.3. The molecule has 0 unspecified atom stereocenters. The molecule has 0 atom stereocenters. The van der Waals surface area contributed by atoms with Crippen LogP contribution in [0.2, 0.25) is 0 Å². The van der Waals surface area contributed by atoms with Gasteiger partial charge in [-0.15, -0.1) is 0 Å². The van der Waals surface area contributed by atoms with E-state index in [1.807, 2.05) is 49.6 Å². The Morgan fingerprint density at radius 3 is 2.55 bits per heavy atom. The van der Waals surface area contributed by atoms with Gasteiger partial charge in [-0.3, -0.25) is 14.0 Å². The molecule has 0 aliphatic carbocycles. The molecule has 4 aromatic rings. The Hall–Kier alpha value is -3.81. The summed E-state index contributed by atoms with van der Waals surface area (Å²) in [5.41, 5.74) is 3.31. The second-order valence-electron chi connectivity index (χ2n) is 9.06. The highest BCUT2D eigenvalue weighted by Gasteiger charge is 2.18. The van der Waals surface area contributed by atoms with Crippen LogP contribution in [-0.2, 0) is 19.1 Å². The van der Waals surface area contributed by atoms with E-state index in [1.165, 1.54) is 0 Å². The Morgan fingerprint density at radius 1 is 1.06 bits per heavy atom. The van der Waals surface area contributed by atoms with Gasteiger partial charge in [-0.25, -0.2) is 9.97 Å². The number of aromatic nitrogens is 6. The molecule has 0 radical (unpaired) electrons. The SMILES string of the molecule is Cc1c(OCc2ccn(C)n2)nc(C)n(-c2cccc(-c3ccnc(C(C)(C)C)n3)c2)c1=O. The molecular formula is C25H28N6O2. The third kappa shape index (κ3) is 4.69. The average Bonchev–Trinajstić information content (AvgIpc) is 3.20. The van der Waals surface area contributed by atoms with Gasteiger partial charge in [0.15, 0.2) is 0 Å². The minimum absolute atomic E-state index is 0.159. The molecule has 0 spiro atoms. The van der Waals surface area contributed by atoms with Crippen LogP contribution in [0.3, 0.4) is 0 Å². The second kappa shape index (κ2) is 8.61. The number of benzene rings is 1. The zero-order chi connectivity index (χ0) is 23.8. The molecule has 1 aromatic carbocycles. The predicted molar refractivity (Wildman–Crippen MR) is 127 cm³/mol. The van der Waals surface area contributed by atoms with Crippen molar-refractivity contribution in [2.45, 2.75) is 46.6 Å². The second-order valence-corrected chi connectivity index (χ2v) is 9.06. The van der Waals surface area contributed by atoms with Crippen molar-refractivity contribution in [3.05, 3.63) is 82.1 Å². The summed E-state index contributed by atoms with van der Waals surface area (Å²) in [6.07, 6.45) is 3.61. The van der Waals surface area contributed by atoms with Crippen LogP contribution in [0.1, 0.15) is 43.7 Å². The van der Waals surface area contributed by atoms with Crippen LogP contribution in [0.4, 0.5) is 0 Å². The number of aryl methyl sites for hydroxylation is 2. The van der Waals surface area contributed by atoms with Crippen LogP contribution >= 0.6 is 0 Å². The molecule has 0 amide bonds. The molecule has 0 saturated carbocycles. The molecule has 4 rings (SSSR count). The maximum atomic E-state index is 13.3. The largest absolute Gasteiger partial charge is 0.471 e. The molecule has 0 aliphatic rings. The summed E-state index contributed by atoms with van der Waals surface area (Å²) in [5.74, 6) is 1.63. The highest BCUT2D eigenvalue weighted by molar-refractivity contribution is 5.62. The average molecular weight is 445 g/mol. The Labute approximate surface area is 192 Å². The highest BCUT2D eigenvalue weighted by atomic mass is 16.5. The van der Waals surface area contributed by atoms with E-state index in [9.17, 15) is 4.79 Å². The van der Waals surface area contributed by atoms with E-state index in [0.29, 0.717) is 17.3 Å². The van der Waals surface area contributed by atoms with Crippen molar-refractivity contribution in [3.63, 3.8) is 0 Å².